The van der Waals surface area contributed by atoms with E-state index in [9.17, 15) is 0 Å². The van der Waals surface area contributed by atoms with Gasteiger partial charge in [-0.2, -0.15) is 0 Å². The first-order chi connectivity index (χ1) is 13.3. The molecule has 5 rings (SSSR count). The van der Waals surface area contributed by atoms with E-state index in [2.05, 4.69) is 29.6 Å². The standard InChI is InChI=1S/C22H18ClN3S/c23-16-10-4-5-11-17(16)24-21-20-15-9-6-12-18(15)27-22(20)26-19(25-21)13-14-7-2-1-3-8-14/h1-5,7-8,10-11H,6,9,12-13H2,(H,24,25,26). The Morgan fingerprint density at radius 2 is 1.78 bits per heavy atom. The third-order valence-corrected chi connectivity index (χ3v) is 6.46. The maximum absolute atomic E-state index is 6.38. The maximum atomic E-state index is 6.38. The Hall–Kier alpha value is -2.43. The van der Waals surface area contributed by atoms with Crippen LogP contribution in [0.3, 0.4) is 0 Å². The lowest BCUT2D eigenvalue weighted by Crippen LogP contribution is -2.02. The molecule has 134 valence electrons. The molecule has 3 nitrogen and oxygen atoms in total. The van der Waals surface area contributed by atoms with Crippen LogP contribution in [0.25, 0.3) is 10.2 Å². The number of aryl methyl sites for hydroxylation is 2. The van der Waals surface area contributed by atoms with Crippen molar-refractivity contribution < 1.29 is 0 Å². The highest BCUT2D eigenvalue weighted by Crippen LogP contribution is 2.40. The van der Waals surface area contributed by atoms with Crippen molar-refractivity contribution in [2.24, 2.45) is 0 Å². The molecule has 0 aliphatic heterocycles. The number of nitrogens with zero attached hydrogens (tertiary/aromatic N) is 2. The highest BCUT2D eigenvalue weighted by molar-refractivity contribution is 7.19. The highest BCUT2D eigenvalue weighted by atomic mass is 35.5. The average Bonchev–Trinajstić information content (AvgIpc) is 3.25. The number of fused-ring (bicyclic) bond motifs is 3. The summed E-state index contributed by atoms with van der Waals surface area (Å²) >= 11 is 8.20. The summed E-state index contributed by atoms with van der Waals surface area (Å²) in [7, 11) is 0. The van der Waals surface area contributed by atoms with Gasteiger partial charge in [0.15, 0.2) is 0 Å². The molecule has 0 atom stereocenters. The summed E-state index contributed by atoms with van der Waals surface area (Å²) in [6, 6.07) is 18.2. The van der Waals surface area contributed by atoms with Crippen molar-refractivity contribution in [3.8, 4) is 0 Å². The van der Waals surface area contributed by atoms with E-state index in [-0.39, 0.29) is 0 Å². The van der Waals surface area contributed by atoms with Crippen LogP contribution < -0.4 is 5.32 Å². The van der Waals surface area contributed by atoms with E-state index in [1.165, 1.54) is 27.8 Å². The summed E-state index contributed by atoms with van der Waals surface area (Å²) in [6.07, 6.45) is 4.19. The summed E-state index contributed by atoms with van der Waals surface area (Å²) in [6.45, 7) is 0. The molecule has 1 aliphatic carbocycles. The lowest BCUT2D eigenvalue weighted by Gasteiger charge is -2.11. The van der Waals surface area contributed by atoms with Crippen LogP contribution in [0.1, 0.15) is 28.2 Å². The minimum Gasteiger partial charge on any atom is -0.338 e. The third kappa shape index (κ3) is 3.20. The minimum absolute atomic E-state index is 0.695. The second-order valence-corrected chi connectivity index (χ2v) is 8.28. The van der Waals surface area contributed by atoms with Crippen LogP contribution in [-0.2, 0) is 19.3 Å². The van der Waals surface area contributed by atoms with Crippen LogP contribution in [0.15, 0.2) is 54.6 Å². The Morgan fingerprint density at radius 1 is 0.963 bits per heavy atom. The molecule has 0 radical (unpaired) electrons. The van der Waals surface area contributed by atoms with Gasteiger partial charge < -0.3 is 5.32 Å². The number of nitrogens with one attached hydrogen (secondary N) is 1. The van der Waals surface area contributed by atoms with Crippen LogP contribution in [-0.4, -0.2) is 9.97 Å². The van der Waals surface area contributed by atoms with Gasteiger partial charge in [-0.25, -0.2) is 9.97 Å². The molecule has 5 heteroatoms. The Balaban J connectivity index is 1.63. The number of anilines is 2. The number of hydrogen-bond acceptors (Lipinski definition) is 4. The average molecular weight is 392 g/mol. The van der Waals surface area contributed by atoms with Crippen molar-refractivity contribution in [1.82, 2.24) is 9.97 Å². The van der Waals surface area contributed by atoms with E-state index >= 15 is 0 Å². The van der Waals surface area contributed by atoms with Crippen molar-refractivity contribution in [2.45, 2.75) is 25.7 Å². The van der Waals surface area contributed by atoms with Crippen LogP contribution in [0, 0.1) is 0 Å². The number of thiophene rings is 1. The van der Waals surface area contributed by atoms with Crippen molar-refractivity contribution in [1.29, 1.82) is 0 Å². The largest absolute Gasteiger partial charge is 0.338 e. The maximum Gasteiger partial charge on any atom is 0.143 e. The van der Waals surface area contributed by atoms with Crippen molar-refractivity contribution >= 4 is 44.7 Å². The molecule has 0 saturated heterocycles. The van der Waals surface area contributed by atoms with E-state index in [0.717, 1.165) is 41.4 Å². The van der Waals surface area contributed by atoms with Gasteiger partial charge in [0.25, 0.3) is 0 Å². The van der Waals surface area contributed by atoms with Gasteiger partial charge in [-0.3, -0.25) is 0 Å². The molecule has 2 aromatic heterocycles. The van der Waals surface area contributed by atoms with Crippen LogP contribution in [0.5, 0.6) is 0 Å². The van der Waals surface area contributed by atoms with E-state index in [0.29, 0.717) is 5.02 Å². The van der Waals surface area contributed by atoms with Crippen molar-refractivity contribution in [3.05, 3.63) is 81.4 Å². The molecular formula is C22H18ClN3S. The van der Waals surface area contributed by atoms with Crippen LogP contribution >= 0.6 is 22.9 Å². The molecule has 4 aromatic rings. The molecule has 0 unspecified atom stereocenters. The number of halogens is 1. The molecule has 0 spiro atoms. The summed E-state index contributed by atoms with van der Waals surface area (Å²) < 4.78 is 0. The molecule has 0 amide bonds. The van der Waals surface area contributed by atoms with Gasteiger partial charge in [-0.1, -0.05) is 54.1 Å². The fraction of sp³-hybridized carbons (Fsp3) is 0.182. The first kappa shape index (κ1) is 16.7. The summed E-state index contributed by atoms with van der Waals surface area (Å²) in [5, 5.41) is 5.35. The number of hydrogen-bond donors (Lipinski definition) is 1. The normalized spacial score (nSPS) is 13.1. The zero-order valence-corrected chi connectivity index (χ0v) is 16.3. The molecule has 0 bridgehead atoms. The van der Waals surface area contributed by atoms with Gasteiger partial charge in [0.2, 0.25) is 0 Å². The summed E-state index contributed by atoms with van der Waals surface area (Å²) in [5.74, 6) is 1.71. The van der Waals surface area contributed by atoms with Crippen molar-refractivity contribution in [3.63, 3.8) is 0 Å². The van der Waals surface area contributed by atoms with E-state index in [4.69, 9.17) is 21.6 Å². The zero-order chi connectivity index (χ0) is 18.2. The second kappa shape index (κ2) is 6.95. The Bertz CT molecular complexity index is 1120. The Morgan fingerprint density at radius 3 is 2.63 bits per heavy atom. The van der Waals surface area contributed by atoms with Gasteiger partial charge >= 0.3 is 0 Å². The van der Waals surface area contributed by atoms with Gasteiger partial charge in [-0.15, -0.1) is 11.3 Å². The Labute approximate surface area is 167 Å². The molecule has 2 heterocycles. The van der Waals surface area contributed by atoms with Gasteiger partial charge in [0.05, 0.1) is 16.1 Å². The van der Waals surface area contributed by atoms with E-state index in [1.54, 1.807) is 0 Å². The lowest BCUT2D eigenvalue weighted by molar-refractivity contribution is 0.916. The molecule has 1 N–H and O–H groups in total. The number of benzene rings is 2. The second-order valence-electron chi connectivity index (χ2n) is 6.79. The molecule has 27 heavy (non-hydrogen) atoms. The summed E-state index contributed by atoms with van der Waals surface area (Å²) in [4.78, 5) is 12.3. The lowest BCUT2D eigenvalue weighted by atomic mass is 10.1. The number of aromatic nitrogens is 2. The van der Waals surface area contributed by atoms with Crippen LogP contribution in [0.4, 0.5) is 11.5 Å². The molecule has 0 saturated carbocycles. The molecular weight excluding hydrogens is 374 g/mol. The van der Waals surface area contributed by atoms with Gasteiger partial charge in [0, 0.05) is 11.3 Å². The van der Waals surface area contributed by atoms with Crippen molar-refractivity contribution in [2.75, 3.05) is 5.32 Å². The highest BCUT2D eigenvalue weighted by Gasteiger charge is 2.22. The van der Waals surface area contributed by atoms with E-state index < -0.39 is 0 Å². The molecule has 1 aliphatic rings. The predicted octanol–water partition coefficient (Wildman–Crippen LogP) is 6.17. The zero-order valence-electron chi connectivity index (χ0n) is 14.7. The number of para-hydroxylation sites is 1. The van der Waals surface area contributed by atoms with Crippen LogP contribution in [0.2, 0.25) is 5.02 Å². The SMILES string of the molecule is Clc1ccccc1Nc1nc(Cc2ccccc2)nc2sc3c(c12)CCC3. The smallest absolute Gasteiger partial charge is 0.143 e. The fourth-order valence-corrected chi connectivity index (χ4v) is 5.14. The topological polar surface area (TPSA) is 37.8 Å². The first-order valence-electron chi connectivity index (χ1n) is 9.14. The third-order valence-electron chi connectivity index (χ3n) is 4.94. The predicted molar refractivity (Wildman–Crippen MR) is 113 cm³/mol. The fourth-order valence-electron chi connectivity index (χ4n) is 3.68. The first-order valence-corrected chi connectivity index (χ1v) is 10.3. The molecule has 0 fully saturated rings. The molecule has 2 aromatic carbocycles. The van der Waals surface area contributed by atoms with Gasteiger partial charge in [0.1, 0.15) is 16.5 Å². The van der Waals surface area contributed by atoms with E-state index in [1.807, 2.05) is 41.7 Å². The monoisotopic (exact) mass is 391 g/mol. The quantitative estimate of drug-likeness (QED) is 0.452. The number of rotatable bonds is 4. The van der Waals surface area contributed by atoms with Gasteiger partial charge in [-0.05, 0) is 42.5 Å². The minimum atomic E-state index is 0.695. The summed E-state index contributed by atoms with van der Waals surface area (Å²) in [5.41, 5.74) is 3.50. The Kier molecular flexibility index (Phi) is 4.30.